The van der Waals surface area contributed by atoms with E-state index in [9.17, 15) is 4.79 Å². The van der Waals surface area contributed by atoms with Gasteiger partial charge in [0.1, 0.15) is 11.5 Å². The lowest BCUT2D eigenvalue weighted by molar-refractivity contribution is 0.107. The second-order valence-corrected chi connectivity index (χ2v) is 3.90. The zero-order valence-electron chi connectivity index (χ0n) is 8.22. The van der Waals surface area contributed by atoms with Gasteiger partial charge in [-0.25, -0.2) is 4.98 Å². The number of rotatable bonds is 2. The van der Waals surface area contributed by atoms with E-state index in [0.29, 0.717) is 5.69 Å². The van der Waals surface area contributed by atoms with Crippen LogP contribution in [0.5, 0.6) is 0 Å². The first-order chi connectivity index (χ1) is 6.74. The van der Waals surface area contributed by atoms with E-state index in [1.54, 1.807) is 0 Å². The molecule has 2 rings (SSSR count). The van der Waals surface area contributed by atoms with Crippen molar-refractivity contribution in [3.05, 3.63) is 17.2 Å². The molecule has 0 spiro atoms. The number of carbonyl (C=O) groups excluding carboxylic acids is 1. The number of hydrogen-bond donors (Lipinski definition) is 0. The van der Waals surface area contributed by atoms with Crippen LogP contribution in [0.25, 0.3) is 0 Å². The van der Waals surface area contributed by atoms with Gasteiger partial charge in [-0.1, -0.05) is 6.92 Å². The van der Waals surface area contributed by atoms with Gasteiger partial charge in [0.2, 0.25) is 0 Å². The van der Waals surface area contributed by atoms with Crippen LogP contribution in [-0.2, 0) is 19.4 Å². The molecule has 0 aromatic carbocycles. The van der Waals surface area contributed by atoms with E-state index in [0.717, 1.165) is 43.7 Å². The maximum Gasteiger partial charge on any atom is 0.270 e. The summed E-state index contributed by atoms with van der Waals surface area (Å²) in [4.78, 5) is 15.7. The molecule has 0 saturated carbocycles. The number of carbonyl (C=O) groups is 1. The fraction of sp³-hybridized carbons (Fsp3) is 0.600. The molecule has 0 N–H and O–H groups in total. The molecule has 14 heavy (non-hydrogen) atoms. The fourth-order valence-electron chi connectivity index (χ4n) is 2.00. The summed E-state index contributed by atoms with van der Waals surface area (Å²) in [5.74, 6) is 1.03. The second-order valence-electron chi connectivity index (χ2n) is 3.56. The predicted molar refractivity (Wildman–Crippen MR) is 54.7 cm³/mol. The van der Waals surface area contributed by atoms with E-state index in [4.69, 9.17) is 11.6 Å². The SMILES string of the molecule is CCc1nc2n(c1C(=O)Cl)CCCC2. The van der Waals surface area contributed by atoms with Crippen LogP contribution in [0.1, 0.15) is 41.8 Å². The first kappa shape index (κ1) is 9.71. The molecule has 76 valence electrons. The zero-order valence-corrected chi connectivity index (χ0v) is 8.97. The lowest BCUT2D eigenvalue weighted by Gasteiger charge is -2.14. The molecule has 1 aliphatic rings. The summed E-state index contributed by atoms with van der Waals surface area (Å²) in [7, 11) is 0. The molecule has 0 unspecified atom stereocenters. The number of imidazole rings is 1. The molecule has 1 aromatic heterocycles. The van der Waals surface area contributed by atoms with Crippen molar-refractivity contribution in [1.29, 1.82) is 0 Å². The highest BCUT2D eigenvalue weighted by atomic mass is 35.5. The third-order valence-corrected chi connectivity index (χ3v) is 2.85. The van der Waals surface area contributed by atoms with Crippen LogP contribution in [0, 0.1) is 0 Å². The number of aromatic nitrogens is 2. The molecule has 0 aliphatic carbocycles. The van der Waals surface area contributed by atoms with Crippen LogP contribution in [0.15, 0.2) is 0 Å². The van der Waals surface area contributed by atoms with E-state index in [1.807, 2.05) is 11.5 Å². The van der Waals surface area contributed by atoms with Gasteiger partial charge < -0.3 is 4.57 Å². The smallest absolute Gasteiger partial charge is 0.270 e. The van der Waals surface area contributed by atoms with Gasteiger partial charge in [-0.15, -0.1) is 0 Å². The van der Waals surface area contributed by atoms with Gasteiger partial charge in [0.25, 0.3) is 5.24 Å². The molecular formula is C10H13ClN2O. The summed E-state index contributed by atoms with van der Waals surface area (Å²) in [6.07, 6.45) is 4.02. The number of hydrogen-bond acceptors (Lipinski definition) is 2. The second kappa shape index (κ2) is 3.73. The highest BCUT2D eigenvalue weighted by molar-refractivity contribution is 6.67. The third-order valence-electron chi connectivity index (χ3n) is 2.67. The van der Waals surface area contributed by atoms with Crippen molar-refractivity contribution in [1.82, 2.24) is 9.55 Å². The fourth-order valence-corrected chi connectivity index (χ4v) is 2.22. The maximum atomic E-state index is 11.3. The standard InChI is InChI=1S/C10H13ClN2O/c1-2-7-9(10(11)14)13-6-4-3-5-8(13)12-7/h2-6H2,1H3. The Morgan fingerprint density at radius 1 is 1.57 bits per heavy atom. The van der Waals surface area contributed by atoms with Crippen LogP contribution in [-0.4, -0.2) is 14.8 Å². The van der Waals surface area contributed by atoms with Crippen LogP contribution >= 0.6 is 11.6 Å². The molecule has 0 amide bonds. The molecule has 2 heterocycles. The van der Waals surface area contributed by atoms with Crippen LogP contribution in [0.2, 0.25) is 0 Å². The Labute approximate surface area is 88.1 Å². The van der Waals surface area contributed by atoms with Crippen molar-refractivity contribution in [3.8, 4) is 0 Å². The summed E-state index contributed by atoms with van der Waals surface area (Å²) in [5.41, 5.74) is 1.46. The summed E-state index contributed by atoms with van der Waals surface area (Å²) in [6.45, 7) is 2.88. The Kier molecular flexibility index (Phi) is 2.59. The molecule has 1 aliphatic heterocycles. The van der Waals surface area contributed by atoms with E-state index in [2.05, 4.69) is 4.98 Å². The van der Waals surface area contributed by atoms with Gasteiger partial charge in [0.05, 0.1) is 5.69 Å². The van der Waals surface area contributed by atoms with E-state index >= 15 is 0 Å². The lowest BCUT2D eigenvalue weighted by Crippen LogP contribution is -2.14. The maximum absolute atomic E-state index is 11.3. The molecule has 0 atom stereocenters. The topological polar surface area (TPSA) is 34.9 Å². The van der Waals surface area contributed by atoms with E-state index in [1.165, 1.54) is 0 Å². The van der Waals surface area contributed by atoms with Crippen molar-refractivity contribution in [2.24, 2.45) is 0 Å². The molecule has 0 saturated heterocycles. The van der Waals surface area contributed by atoms with Crippen molar-refractivity contribution in [3.63, 3.8) is 0 Å². The van der Waals surface area contributed by atoms with Gasteiger partial charge in [0, 0.05) is 13.0 Å². The van der Waals surface area contributed by atoms with Gasteiger partial charge in [-0.2, -0.15) is 0 Å². The van der Waals surface area contributed by atoms with E-state index < -0.39 is 0 Å². The van der Waals surface area contributed by atoms with Crippen molar-refractivity contribution in [2.45, 2.75) is 39.2 Å². The first-order valence-corrected chi connectivity index (χ1v) is 5.40. The van der Waals surface area contributed by atoms with Crippen LogP contribution < -0.4 is 0 Å². The Bertz CT molecular complexity index is 370. The number of nitrogens with zero attached hydrogens (tertiary/aromatic N) is 2. The molecule has 0 bridgehead atoms. The number of aryl methyl sites for hydroxylation is 2. The Morgan fingerprint density at radius 3 is 3.00 bits per heavy atom. The van der Waals surface area contributed by atoms with Crippen molar-refractivity contribution < 1.29 is 4.79 Å². The van der Waals surface area contributed by atoms with Crippen molar-refractivity contribution >= 4 is 16.8 Å². The Balaban J connectivity index is 2.53. The highest BCUT2D eigenvalue weighted by Gasteiger charge is 2.22. The summed E-state index contributed by atoms with van der Waals surface area (Å²) >= 11 is 5.57. The minimum Gasteiger partial charge on any atom is -0.324 e. The molecule has 3 nitrogen and oxygen atoms in total. The molecule has 0 fully saturated rings. The van der Waals surface area contributed by atoms with Crippen molar-refractivity contribution in [2.75, 3.05) is 0 Å². The average Bonchev–Trinajstić information content (AvgIpc) is 2.55. The van der Waals surface area contributed by atoms with Gasteiger partial charge >= 0.3 is 0 Å². The normalized spacial score (nSPS) is 15.3. The molecular weight excluding hydrogens is 200 g/mol. The summed E-state index contributed by atoms with van der Waals surface area (Å²) in [6, 6.07) is 0. The Hall–Kier alpha value is -0.830. The van der Waals surface area contributed by atoms with E-state index in [-0.39, 0.29) is 5.24 Å². The third kappa shape index (κ3) is 1.46. The first-order valence-electron chi connectivity index (χ1n) is 5.02. The minimum absolute atomic E-state index is 0.373. The number of halogens is 1. The average molecular weight is 213 g/mol. The summed E-state index contributed by atoms with van der Waals surface area (Å²) in [5, 5.41) is -0.373. The largest absolute Gasteiger partial charge is 0.324 e. The molecule has 4 heteroatoms. The zero-order chi connectivity index (χ0) is 10.1. The minimum atomic E-state index is -0.373. The predicted octanol–water partition coefficient (Wildman–Crippen LogP) is 2.16. The molecule has 0 radical (unpaired) electrons. The van der Waals surface area contributed by atoms with Gasteiger partial charge in [-0.05, 0) is 30.9 Å². The lowest BCUT2D eigenvalue weighted by atomic mass is 10.1. The quantitative estimate of drug-likeness (QED) is 0.705. The molecule has 1 aromatic rings. The van der Waals surface area contributed by atoms with Gasteiger partial charge in [-0.3, -0.25) is 4.79 Å². The van der Waals surface area contributed by atoms with Crippen LogP contribution in [0.4, 0.5) is 0 Å². The Morgan fingerprint density at radius 2 is 2.36 bits per heavy atom. The highest BCUT2D eigenvalue weighted by Crippen LogP contribution is 2.21. The monoisotopic (exact) mass is 212 g/mol. The summed E-state index contributed by atoms with van der Waals surface area (Å²) < 4.78 is 1.98. The number of fused-ring (bicyclic) bond motifs is 1. The van der Waals surface area contributed by atoms with Gasteiger partial charge in [0.15, 0.2) is 0 Å². The van der Waals surface area contributed by atoms with Crippen LogP contribution in [0.3, 0.4) is 0 Å².